The minimum Gasteiger partial charge on any atom is -0.394 e. The maximum atomic E-state index is 9.39. The average Bonchev–Trinajstić information content (AvgIpc) is 2.30. The lowest BCUT2D eigenvalue weighted by Gasteiger charge is -2.36. The summed E-state index contributed by atoms with van der Waals surface area (Å²) in [5.41, 5.74) is -0.131. The monoisotopic (exact) mass is 217 g/mol. The van der Waals surface area contributed by atoms with E-state index in [-0.39, 0.29) is 12.1 Å². The van der Waals surface area contributed by atoms with Crippen LogP contribution in [-0.2, 0) is 9.47 Å². The van der Waals surface area contributed by atoms with E-state index in [0.29, 0.717) is 0 Å². The third kappa shape index (κ3) is 4.47. The van der Waals surface area contributed by atoms with Crippen LogP contribution in [0.2, 0.25) is 0 Å². The normalized spacial score (nSPS) is 20.4. The van der Waals surface area contributed by atoms with Crippen LogP contribution in [0.25, 0.3) is 0 Å². The Bertz CT molecular complexity index is 158. The van der Waals surface area contributed by atoms with Gasteiger partial charge in [0.25, 0.3) is 0 Å². The highest BCUT2D eigenvalue weighted by atomic mass is 16.5. The lowest BCUT2D eigenvalue weighted by atomic mass is 9.91. The Morgan fingerprint density at radius 3 is 2.67 bits per heavy atom. The van der Waals surface area contributed by atoms with E-state index in [1.54, 1.807) is 0 Å². The van der Waals surface area contributed by atoms with Gasteiger partial charge in [0, 0.05) is 31.9 Å². The van der Waals surface area contributed by atoms with Gasteiger partial charge >= 0.3 is 0 Å². The molecule has 90 valence electrons. The molecule has 0 aliphatic carbocycles. The van der Waals surface area contributed by atoms with Crippen molar-refractivity contribution < 1.29 is 14.6 Å². The average molecular weight is 217 g/mol. The molecule has 15 heavy (non-hydrogen) atoms. The van der Waals surface area contributed by atoms with Gasteiger partial charge < -0.3 is 19.9 Å². The van der Waals surface area contributed by atoms with Gasteiger partial charge in [-0.05, 0) is 19.3 Å². The summed E-state index contributed by atoms with van der Waals surface area (Å²) in [6.45, 7) is 6.10. The lowest BCUT2D eigenvalue weighted by molar-refractivity contribution is 0.00802. The molecule has 4 heteroatoms. The van der Waals surface area contributed by atoms with Gasteiger partial charge in [-0.1, -0.05) is 6.92 Å². The van der Waals surface area contributed by atoms with Crippen molar-refractivity contribution in [2.24, 2.45) is 0 Å². The molecular weight excluding hydrogens is 194 g/mol. The molecule has 0 amide bonds. The van der Waals surface area contributed by atoms with Gasteiger partial charge in [-0.2, -0.15) is 0 Å². The zero-order valence-corrected chi connectivity index (χ0v) is 9.63. The van der Waals surface area contributed by atoms with Gasteiger partial charge in [0.05, 0.1) is 13.2 Å². The Labute approximate surface area is 92.0 Å². The largest absolute Gasteiger partial charge is 0.394 e. The molecule has 0 spiro atoms. The summed E-state index contributed by atoms with van der Waals surface area (Å²) in [6, 6.07) is 0. The first-order chi connectivity index (χ1) is 7.33. The first-order valence-corrected chi connectivity index (χ1v) is 5.84. The maximum absolute atomic E-state index is 9.39. The molecule has 1 aliphatic heterocycles. The number of hydrogen-bond donors (Lipinski definition) is 2. The third-order valence-corrected chi connectivity index (χ3v) is 2.85. The van der Waals surface area contributed by atoms with Crippen LogP contribution in [0.4, 0.5) is 0 Å². The second kappa shape index (κ2) is 7.17. The van der Waals surface area contributed by atoms with E-state index in [0.717, 1.165) is 52.2 Å². The molecule has 1 fully saturated rings. The highest BCUT2D eigenvalue weighted by molar-refractivity contribution is 4.89. The van der Waals surface area contributed by atoms with Crippen LogP contribution in [0, 0.1) is 0 Å². The van der Waals surface area contributed by atoms with E-state index in [9.17, 15) is 5.11 Å². The Morgan fingerprint density at radius 2 is 2.07 bits per heavy atom. The Balaban J connectivity index is 2.15. The lowest BCUT2D eigenvalue weighted by Crippen LogP contribution is -2.53. The summed E-state index contributed by atoms with van der Waals surface area (Å²) in [5.74, 6) is 0. The second-order valence-corrected chi connectivity index (χ2v) is 4.09. The van der Waals surface area contributed by atoms with E-state index in [4.69, 9.17) is 9.47 Å². The van der Waals surface area contributed by atoms with Crippen LogP contribution in [0.3, 0.4) is 0 Å². The van der Waals surface area contributed by atoms with Gasteiger partial charge in [0.1, 0.15) is 0 Å². The smallest absolute Gasteiger partial charge is 0.0615 e. The molecule has 1 aliphatic rings. The zero-order valence-electron chi connectivity index (χ0n) is 9.63. The molecule has 0 aromatic carbocycles. The molecule has 1 saturated heterocycles. The Kier molecular flexibility index (Phi) is 6.17. The van der Waals surface area contributed by atoms with E-state index < -0.39 is 0 Å². The van der Waals surface area contributed by atoms with Crippen molar-refractivity contribution in [2.75, 3.05) is 39.6 Å². The fourth-order valence-corrected chi connectivity index (χ4v) is 1.79. The summed E-state index contributed by atoms with van der Waals surface area (Å²) >= 11 is 0. The first-order valence-electron chi connectivity index (χ1n) is 5.84. The molecule has 0 bridgehead atoms. The summed E-state index contributed by atoms with van der Waals surface area (Å²) in [7, 11) is 0. The predicted octanol–water partition coefficient (Wildman–Crippen LogP) is 0.544. The van der Waals surface area contributed by atoms with E-state index in [1.807, 2.05) is 0 Å². The number of hydrogen-bond acceptors (Lipinski definition) is 4. The summed E-state index contributed by atoms with van der Waals surface area (Å²) < 4.78 is 10.7. The maximum Gasteiger partial charge on any atom is 0.0615 e. The quantitative estimate of drug-likeness (QED) is 0.611. The summed E-state index contributed by atoms with van der Waals surface area (Å²) in [4.78, 5) is 0. The molecular formula is C11H23NO3. The molecule has 2 N–H and O–H groups in total. The molecule has 0 aromatic heterocycles. The second-order valence-electron chi connectivity index (χ2n) is 4.09. The molecule has 1 rings (SSSR count). The van der Waals surface area contributed by atoms with Gasteiger partial charge in [0.2, 0.25) is 0 Å². The zero-order chi connectivity index (χ0) is 11.0. The van der Waals surface area contributed by atoms with Gasteiger partial charge in [-0.25, -0.2) is 0 Å². The molecule has 0 radical (unpaired) electrons. The highest BCUT2D eigenvalue weighted by Crippen LogP contribution is 2.19. The summed E-state index contributed by atoms with van der Waals surface area (Å²) in [6.07, 6.45) is 2.83. The van der Waals surface area contributed by atoms with Crippen molar-refractivity contribution in [1.29, 1.82) is 0 Å². The van der Waals surface area contributed by atoms with Crippen LogP contribution in [0.5, 0.6) is 0 Å². The number of nitrogens with one attached hydrogen (secondary N) is 1. The topological polar surface area (TPSA) is 50.7 Å². The predicted molar refractivity (Wildman–Crippen MR) is 59.0 cm³/mol. The third-order valence-electron chi connectivity index (χ3n) is 2.85. The fraction of sp³-hybridized carbons (Fsp3) is 1.00. The van der Waals surface area contributed by atoms with Crippen molar-refractivity contribution in [1.82, 2.24) is 5.32 Å². The molecule has 0 atom stereocenters. The number of aliphatic hydroxyl groups is 1. The van der Waals surface area contributed by atoms with Crippen molar-refractivity contribution >= 4 is 0 Å². The first kappa shape index (κ1) is 12.9. The van der Waals surface area contributed by atoms with Gasteiger partial charge in [-0.3, -0.25) is 0 Å². The summed E-state index contributed by atoms with van der Waals surface area (Å²) in [5, 5.41) is 12.8. The minimum absolute atomic E-state index is 0.131. The highest BCUT2D eigenvalue weighted by Gasteiger charge is 2.30. The fourth-order valence-electron chi connectivity index (χ4n) is 1.79. The van der Waals surface area contributed by atoms with E-state index in [1.165, 1.54) is 0 Å². The van der Waals surface area contributed by atoms with Crippen LogP contribution < -0.4 is 5.32 Å². The van der Waals surface area contributed by atoms with Crippen LogP contribution >= 0.6 is 0 Å². The van der Waals surface area contributed by atoms with Crippen molar-refractivity contribution in [3.8, 4) is 0 Å². The molecule has 0 unspecified atom stereocenters. The molecule has 4 nitrogen and oxygen atoms in total. The van der Waals surface area contributed by atoms with Gasteiger partial charge in [-0.15, -0.1) is 0 Å². The van der Waals surface area contributed by atoms with Crippen LogP contribution in [0.15, 0.2) is 0 Å². The van der Waals surface area contributed by atoms with E-state index >= 15 is 0 Å². The van der Waals surface area contributed by atoms with E-state index in [2.05, 4.69) is 12.2 Å². The number of aliphatic hydroxyl groups excluding tert-OH is 1. The standard InChI is InChI=1S/C11H23NO3/c1-2-6-14-9-5-12-11(10-13)3-7-15-8-4-11/h12-13H,2-10H2,1H3. The molecule has 0 aromatic rings. The number of ether oxygens (including phenoxy) is 2. The SMILES string of the molecule is CCCOCCNC1(CO)CCOCC1. The van der Waals surface area contributed by atoms with Crippen molar-refractivity contribution in [3.63, 3.8) is 0 Å². The molecule has 1 heterocycles. The van der Waals surface area contributed by atoms with Crippen molar-refractivity contribution in [3.05, 3.63) is 0 Å². The minimum atomic E-state index is -0.131. The van der Waals surface area contributed by atoms with Crippen LogP contribution in [-0.4, -0.2) is 50.2 Å². The Hall–Kier alpha value is -0.160. The number of rotatable bonds is 7. The molecule has 0 saturated carbocycles. The van der Waals surface area contributed by atoms with Crippen molar-refractivity contribution in [2.45, 2.75) is 31.7 Å². The van der Waals surface area contributed by atoms with Crippen LogP contribution in [0.1, 0.15) is 26.2 Å². The van der Waals surface area contributed by atoms with Gasteiger partial charge in [0.15, 0.2) is 0 Å². The Morgan fingerprint density at radius 1 is 1.33 bits per heavy atom.